The van der Waals surface area contributed by atoms with Gasteiger partial charge in [0, 0.05) is 12.8 Å². The van der Waals surface area contributed by atoms with Crippen LogP contribution in [-0.4, -0.2) is 23.0 Å². The van der Waals surface area contributed by atoms with Crippen molar-refractivity contribution in [3.8, 4) is 6.07 Å². The zero-order valence-corrected chi connectivity index (χ0v) is 8.36. The van der Waals surface area contributed by atoms with Crippen LogP contribution in [0.25, 0.3) is 0 Å². The molecule has 0 spiro atoms. The summed E-state index contributed by atoms with van der Waals surface area (Å²) in [4.78, 5) is 11.2. The van der Waals surface area contributed by atoms with Crippen LogP contribution in [0, 0.1) is 11.3 Å². The van der Waals surface area contributed by atoms with E-state index in [0.717, 1.165) is 0 Å². The van der Waals surface area contributed by atoms with E-state index in [-0.39, 0.29) is 18.2 Å². The van der Waals surface area contributed by atoms with E-state index in [1.54, 1.807) is 13.8 Å². The van der Waals surface area contributed by atoms with E-state index >= 15 is 0 Å². The first-order valence-corrected chi connectivity index (χ1v) is 4.40. The lowest BCUT2D eigenvalue weighted by atomic mass is 10.2. The number of nitriles is 1. The largest absolute Gasteiger partial charge is 0.458 e. The van der Waals surface area contributed by atoms with Crippen LogP contribution in [0.15, 0.2) is 5.16 Å². The summed E-state index contributed by atoms with van der Waals surface area (Å²) in [6.07, 6.45) is 0.836. The summed E-state index contributed by atoms with van der Waals surface area (Å²) in [6.45, 7) is 3.42. The molecule has 0 radical (unpaired) electrons. The molecule has 0 aromatic heterocycles. The maximum absolute atomic E-state index is 11.2. The minimum atomic E-state index is -0.625. The molecule has 0 aliphatic rings. The van der Waals surface area contributed by atoms with Gasteiger partial charge in [0.25, 0.3) is 0 Å². The number of oxime groups is 1. The smallest absolute Gasteiger partial charge is 0.356 e. The Hall–Kier alpha value is -1.57. The number of carbonyl (C=O) groups is 1. The van der Waals surface area contributed by atoms with Gasteiger partial charge in [-0.15, -0.1) is 0 Å². The number of hydrogen-bond donors (Lipinski definition) is 1. The fraction of sp³-hybridized carbons (Fsp3) is 0.667. The molecule has 0 saturated carbocycles. The predicted octanol–water partition coefficient (Wildman–Crippen LogP) is 1.46. The van der Waals surface area contributed by atoms with Gasteiger partial charge in [-0.1, -0.05) is 5.16 Å². The fourth-order valence-electron chi connectivity index (χ4n) is 0.810. The Morgan fingerprint density at radius 3 is 2.71 bits per heavy atom. The highest BCUT2D eigenvalue weighted by atomic mass is 16.5. The Balaban J connectivity index is 4.03. The summed E-state index contributed by atoms with van der Waals surface area (Å²) in [5.74, 6) is -0.625. The number of rotatable bonds is 5. The second kappa shape index (κ2) is 6.89. The number of unbranched alkanes of at least 4 members (excludes halogenated alkanes) is 1. The Labute approximate surface area is 83.0 Å². The van der Waals surface area contributed by atoms with E-state index in [9.17, 15) is 4.79 Å². The van der Waals surface area contributed by atoms with Crippen LogP contribution in [0.2, 0.25) is 0 Å². The molecule has 0 aromatic rings. The number of ether oxygens (including phenoxy) is 1. The molecule has 0 aliphatic carbocycles. The van der Waals surface area contributed by atoms with E-state index in [4.69, 9.17) is 15.2 Å². The molecular formula is C9H14N2O3. The summed E-state index contributed by atoms with van der Waals surface area (Å²) < 4.78 is 4.82. The normalized spacial score (nSPS) is 11.1. The van der Waals surface area contributed by atoms with E-state index < -0.39 is 5.97 Å². The molecule has 0 bridgehead atoms. The molecular weight excluding hydrogens is 184 g/mol. The fourth-order valence-corrected chi connectivity index (χ4v) is 0.810. The third-order valence-electron chi connectivity index (χ3n) is 1.40. The average molecular weight is 198 g/mol. The second-order valence-electron chi connectivity index (χ2n) is 3.01. The van der Waals surface area contributed by atoms with E-state index in [0.29, 0.717) is 12.8 Å². The summed E-state index contributed by atoms with van der Waals surface area (Å²) in [7, 11) is 0. The first-order valence-electron chi connectivity index (χ1n) is 4.40. The van der Waals surface area contributed by atoms with Crippen LogP contribution in [-0.2, 0) is 9.53 Å². The lowest BCUT2D eigenvalue weighted by Gasteiger charge is -2.07. The molecule has 0 unspecified atom stereocenters. The summed E-state index contributed by atoms with van der Waals surface area (Å²) in [5.41, 5.74) is -0.0334. The topological polar surface area (TPSA) is 82.7 Å². The van der Waals surface area contributed by atoms with Gasteiger partial charge in [-0.3, -0.25) is 0 Å². The molecule has 5 heteroatoms. The molecule has 1 N–H and O–H groups in total. The van der Waals surface area contributed by atoms with Crippen LogP contribution >= 0.6 is 0 Å². The third-order valence-corrected chi connectivity index (χ3v) is 1.40. The second-order valence-corrected chi connectivity index (χ2v) is 3.01. The zero-order valence-electron chi connectivity index (χ0n) is 8.36. The SMILES string of the molecule is CC(C)OC(=O)C(CCCC#N)=NO. The lowest BCUT2D eigenvalue weighted by Crippen LogP contribution is -2.21. The Morgan fingerprint density at radius 1 is 1.64 bits per heavy atom. The third kappa shape index (κ3) is 5.14. The number of nitrogens with zero attached hydrogens (tertiary/aromatic N) is 2. The first-order chi connectivity index (χ1) is 6.61. The minimum Gasteiger partial charge on any atom is -0.458 e. The van der Waals surface area contributed by atoms with Gasteiger partial charge in [0.1, 0.15) is 0 Å². The van der Waals surface area contributed by atoms with Crippen LogP contribution < -0.4 is 0 Å². The molecule has 0 amide bonds. The molecule has 0 fully saturated rings. The van der Waals surface area contributed by atoms with Crippen molar-refractivity contribution >= 4 is 11.7 Å². The molecule has 0 saturated heterocycles. The van der Waals surface area contributed by atoms with E-state index in [2.05, 4.69) is 5.16 Å². The monoisotopic (exact) mass is 198 g/mol. The number of carbonyl (C=O) groups excluding carboxylic acids is 1. The van der Waals surface area contributed by atoms with Crippen molar-refractivity contribution in [2.24, 2.45) is 5.16 Å². The standard InChI is InChI=1S/C9H14N2O3/c1-7(2)14-9(12)8(11-13)5-3-4-6-10/h7,13H,3-5H2,1-2H3. The van der Waals surface area contributed by atoms with Crippen molar-refractivity contribution in [1.82, 2.24) is 0 Å². The Morgan fingerprint density at radius 2 is 2.29 bits per heavy atom. The molecule has 78 valence electrons. The van der Waals surface area contributed by atoms with Crippen LogP contribution in [0.5, 0.6) is 0 Å². The predicted molar refractivity (Wildman–Crippen MR) is 49.9 cm³/mol. The molecule has 0 heterocycles. The van der Waals surface area contributed by atoms with Gasteiger partial charge in [0.05, 0.1) is 12.2 Å². The highest BCUT2D eigenvalue weighted by Gasteiger charge is 2.14. The highest BCUT2D eigenvalue weighted by Crippen LogP contribution is 2.00. The maximum atomic E-state index is 11.2. The van der Waals surface area contributed by atoms with Crippen LogP contribution in [0.1, 0.15) is 33.1 Å². The van der Waals surface area contributed by atoms with Crippen molar-refractivity contribution in [2.75, 3.05) is 0 Å². The Kier molecular flexibility index (Phi) is 6.12. The van der Waals surface area contributed by atoms with Gasteiger partial charge >= 0.3 is 5.97 Å². The quantitative estimate of drug-likeness (QED) is 0.238. The average Bonchev–Trinajstić information content (AvgIpc) is 2.11. The van der Waals surface area contributed by atoms with Crippen molar-refractivity contribution in [3.05, 3.63) is 0 Å². The molecule has 0 rings (SSSR count). The van der Waals surface area contributed by atoms with Gasteiger partial charge in [-0.05, 0) is 20.3 Å². The maximum Gasteiger partial charge on any atom is 0.356 e. The zero-order chi connectivity index (χ0) is 11.0. The van der Waals surface area contributed by atoms with Crippen molar-refractivity contribution < 1.29 is 14.7 Å². The minimum absolute atomic E-state index is 0.0334. The molecule has 0 aliphatic heterocycles. The van der Waals surface area contributed by atoms with Crippen molar-refractivity contribution in [2.45, 2.75) is 39.2 Å². The van der Waals surface area contributed by atoms with E-state index in [1.165, 1.54) is 0 Å². The van der Waals surface area contributed by atoms with Crippen LogP contribution in [0.4, 0.5) is 0 Å². The molecule has 14 heavy (non-hydrogen) atoms. The number of hydrogen-bond acceptors (Lipinski definition) is 5. The highest BCUT2D eigenvalue weighted by molar-refractivity contribution is 6.36. The lowest BCUT2D eigenvalue weighted by molar-refractivity contribution is -0.139. The van der Waals surface area contributed by atoms with Gasteiger partial charge in [-0.25, -0.2) is 4.79 Å². The van der Waals surface area contributed by atoms with Gasteiger partial charge in [0.2, 0.25) is 0 Å². The molecule has 0 atom stereocenters. The summed E-state index contributed by atoms with van der Waals surface area (Å²) in [6, 6.07) is 1.94. The summed E-state index contributed by atoms with van der Waals surface area (Å²) in [5, 5.41) is 19.6. The first kappa shape index (κ1) is 12.4. The van der Waals surface area contributed by atoms with E-state index in [1.807, 2.05) is 6.07 Å². The van der Waals surface area contributed by atoms with Crippen LogP contribution in [0.3, 0.4) is 0 Å². The molecule has 0 aromatic carbocycles. The molecule has 5 nitrogen and oxygen atoms in total. The summed E-state index contributed by atoms with van der Waals surface area (Å²) >= 11 is 0. The number of esters is 1. The van der Waals surface area contributed by atoms with Gasteiger partial charge in [-0.2, -0.15) is 5.26 Å². The van der Waals surface area contributed by atoms with Gasteiger partial charge in [0.15, 0.2) is 5.71 Å². The Bertz CT molecular complexity index is 253. The van der Waals surface area contributed by atoms with Crippen molar-refractivity contribution in [3.63, 3.8) is 0 Å². The van der Waals surface area contributed by atoms with Crippen molar-refractivity contribution in [1.29, 1.82) is 5.26 Å². The van der Waals surface area contributed by atoms with Gasteiger partial charge < -0.3 is 9.94 Å².